The lowest BCUT2D eigenvalue weighted by atomic mass is 10.2. The van der Waals surface area contributed by atoms with Crippen molar-refractivity contribution in [1.82, 2.24) is 0 Å². The van der Waals surface area contributed by atoms with Crippen LogP contribution >= 0.6 is 11.8 Å². The van der Waals surface area contributed by atoms with Crippen LogP contribution in [-0.4, -0.2) is 16.4 Å². The third-order valence-corrected chi connectivity index (χ3v) is 2.10. The van der Waals surface area contributed by atoms with E-state index < -0.39 is 5.82 Å². The van der Waals surface area contributed by atoms with E-state index in [0.29, 0.717) is 11.3 Å². The van der Waals surface area contributed by atoms with E-state index in [-0.39, 0.29) is 10.6 Å². The molecule has 0 spiro atoms. The highest BCUT2D eigenvalue weighted by molar-refractivity contribution is 7.97. The van der Waals surface area contributed by atoms with Gasteiger partial charge in [0.2, 0.25) is 0 Å². The Labute approximate surface area is 79.1 Å². The van der Waals surface area contributed by atoms with Gasteiger partial charge in [0.25, 0.3) is 4.92 Å². The molecule has 0 unspecified atom stereocenters. The molecule has 5 heteroatoms. The van der Waals surface area contributed by atoms with Gasteiger partial charge in [-0.3, -0.25) is 0 Å². The predicted molar refractivity (Wildman–Crippen MR) is 48.7 cm³/mol. The molecule has 1 N–H and O–H groups in total. The lowest BCUT2D eigenvalue weighted by Gasteiger charge is -1.96. The van der Waals surface area contributed by atoms with Gasteiger partial charge in [0.15, 0.2) is 0 Å². The van der Waals surface area contributed by atoms with Crippen LogP contribution in [0.15, 0.2) is 18.2 Å². The molecule has 0 fully saturated rings. The molecule has 0 aromatic heterocycles. The Morgan fingerprint density at radius 1 is 1.54 bits per heavy atom. The molecule has 0 amide bonds. The summed E-state index contributed by atoms with van der Waals surface area (Å²) >= 11 is 1.51. The second-order valence-electron chi connectivity index (χ2n) is 2.52. The van der Waals surface area contributed by atoms with Gasteiger partial charge in [-0.2, -0.15) is 11.8 Å². The molecule has 0 bridgehead atoms. The summed E-state index contributed by atoms with van der Waals surface area (Å²) in [5, 5.41) is 8.55. The fourth-order valence-electron chi connectivity index (χ4n) is 0.994. The second kappa shape index (κ2) is 4.23. The molecule has 0 aliphatic heterocycles. The summed E-state index contributed by atoms with van der Waals surface area (Å²) in [6.45, 7) is 0. The van der Waals surface area contributed by atoms with Crippen LogP contribution in [0.2, 0.25) is 0 Å². The average Bonchev–Trinajstić information content (AvgIpc) is 2.03. The van der Waals surface area contributed by atoms with E-state index in [2.05, 4.69) is 0 Å². The minimum Gasteiger partial charge on any atom is -0.241 e. The average molecular weight is 202 g/mol. The third kappa shape index (κ3) is 2.69. The van der Waals surface area contributed by atoms with Gasteiger partial charge >= 0.3 is 5.69 Å². The van der Waals surface area contributed by atoms with Gasteiger partial charge in [-0.1, -0.05) is 0 Å². The molecular weight excluding hydrogens is 193 g/mol. The Kier molecular flexibility index (Phi) is 3.25. The number of hydrogen-bond acceptors (Lipinski definition) is 2. The Morgan fingerprint density at radius 3 is 2.77 bits per heavy atom. The molecule has 0 heterocycles. The highest BCUT2D eigenvalue weighted by atomic mass is 32.2. The summed E-state index contributed by atoms with van der Waals surface area (Å²) in [5.41, 5.74) is 0.599. The molecular formula is C8H9FNO2S+. The normalized spacial score (nSPS) is 10.0. The van der Waals surface area contributed by atoms with Crippen LogP contribution in [-0.2, 0) is 5.75 Å². The SMILES string of the molecule is CSCc1cc(F)cc([N+](=O)O)c1. The van der Waals surface area contributed by atoms with E-state index in [0.717, 1.165) is 6.07 Å². The van der Waals surface area contributed by atoms with E-state index in [4.69, 9.17) is 5.21 Å². The minimum absolute atomic E-state index is 0.0796. The fourth-order valence-corrected chi connectivity index (χ4v) is 1.49. The van der Waals surface area contributed by atoms with Crippen LogP contribution in [0.25, 0.3) is 0 Å². The maximum Gasteiger partial charge on any atom is 0.319 e. The first-order valence-electron chi connectivity index (χ1n) is 3.58. The number of hydrogen-bond donors (Lipinski definition) is 1. The van der Waals surface area contributed by atoms with Crippen molar-refractivity contribution in [2.24, 2.45) is 0 Å². The van der Waals surface area contributed by atoms with Crippen molar-refractivity contribution in [3.8, 4) is 0 Å². The van der Waals surface area contributed by atoms with Crippen LogP contribution < -0.4 is 0 Å². The summed E-state index contributed by atoms with van der Waals surface area (Å²) in [4.78, 5) is 10.1. The van der Waals surface area contributed by atoms with Gasteiger partial charge in [0.05, 0.1) is 11.0 Å². The predicted octanol–water partition coefficient (Wildman–Crippen LogP) is 2.49. The number of halogens is 1. The zero-order valence-electron chi connectivity index (χ0n) is 7.03. The standard InChI is InChI=1S/C8H9FNO2S/c1-13-5-6-2-7(9)4-8(3-6)10(11)12/h2-4H,5H2,1H3,(H,11,12)/q+1. The van der Waals surface area contributed by atoms with Gasteiger partial charge in [-0.15, -0.1) is 0 Å². The molecule has 0 saturated carbocycles. The summed E-state index contributed by atoms with van der Waals surface area (Å²) in [5.74, 6) is 0.0925. The molecule has 1 rings (SSSR count). The molecule has 1 aromatic carbocycles. The summed E-state index contributed by atoms with van der Waals surface area (Å²) in [6, 6.07) is 3.77. The van der Waals surface area contributed by atoms with E-state index in [1.807, 2.05) is 6.26 Å². The lowest BCUT2D eigenvalue weighted by molar-refractivity contribution is -0.729. The topological polar surface area (TPSA) is 40.3 Å². The summed E-state index contributed by atoms with van der Waals surface area (Å²) in [7, 11) is 0. The quantitative estimate of drug-likeness (QED) is 0.765. The van der Waals surface area contributed by atoms with E-state index in [9.17, 15) is 9.30 Å². The third-order valence-electron chi connectivity index (χ3n) is 1.47. The van der Waals surface area contributed by atoms with Gasteiger partial charge < -0.3 is 0 Å². The molecule has 13 heavy (non-hydrogen) atoms. The summed E-state index contributed by atoms with van der Waals surface area (Å²) < 4.78 is 12.8. The minimum atomic E-state index is -0.517. The van der Waals surface area contributed by atoms with E-state index in [1.165, 1.54) is 23.9 Å². The van der Waals surface area contributed by atoms with Crippen molar-refractivity contribution in [1.29, 1.82) is 0 Å². The highest BCUT2D eigenvalue weighted by Gasteiger charge is 2.13. The Bertz CT molecular complexity index is 330. The molecule has 1 aromatic rings. The van der Waals surface area contributed by atoms with Crippen molar-refractivity contribution < 1.29 is 14.5 Å². The Balaban J connectivity index is 3.03. The van der Waals surface area contributed by atoms with Crippen LogP contribution in [0.3, 0.4) is 0 Å². The van der Waals surface area contributed by atoms with Gasteiger partial charge in [-0.05, 0) is 17.9 Å². The Hall–Kier alpha value is -1.10. The molecule has 70 valence electrons. The van der Waals surface area contributed by atoms with Crippen molar-refractivity contribution in [3.63, 3.8) is 0 Å². The first-order valence-corrected chi connectivity index (χ1v) is 4.97. The lowest BCUT2D eigenvalue weighted by Crippen LogP contribution is -1.94. The van der Waals surface area contributed by atoms with Crippen molar-refractivity contribution in [2.45, 2.75) is 5.75 Å². The number of nitrogens with zero attached hydrogens (tertiary/aromatic N) is 1. The zero-order chi connectivity index (χ0) is 9.84. The van der Waals surface area contributed by atoms with Gasteiger partial charge in [0.1, 0.15) is 5.82 Å². The first-order chi connectivity index (χ1) is 6.13. The highest BCUT2D eigenvalue weighted by Crippen LogP contribution is 2.18. The zero-order valence-corrected chi connectivity index (χ0v) is 7.84. The largest absolute Gasteiger partial charge is 0.319 e. The van der Waals surface area contributed by atoms with Crippen molar-refractivity contribution in [2.75, 3.05) is 6.26 Å². The molecule has 0 radical (unpaired) electrons. The van der Waals surface area contributed by atoms with Crippen LogP contribution in [0.1, 0.15) is 5.56 Å². The maximum absolute atomic E-state index is 12.8. The van der Waals surface area contributed by atoms with Gasteiger partial charge in [-0.25, -0.2) is 9.60 Å². The smallest absolute Gasteiger partial charge is 0.241 e. The first kappa shape index (κ1) is 9.98. The van der Waals surface area contributed by atoms with Crippen LogP contribution in [0.4, 0.5) is 10.1 Å². The number of thioether (sulfide) groups is 1. The van der Waals surface area contributed by atoms with Crippen molar-refractivity contribution >= 4 is 17.4 Å². The molecule has 3 nitrogen and oxygen atoms in total. The van der Waals surface area contributed by atoms with Crippen LogP contribution in [0.5, 0.6) is 0 Å². The maximum atomic E-state index is 12.8. The Morgan fingerprint density at radius 2 is 2.23 bits per heavy atom. The van der Waals surface area contributed by atoms with Crippen LogP contribution in [0, 0.1) is 10.7 Å². The van der Waals surface area contributed by atoms with E-state index >= 15 is 0 Å². The molecule has 0 aliphatic carbocycles. The molecule has 0 aliphatic rings. The monoisotopic (exact) mass is 202 g/mol. The number of benzene rings is 1. The van der Waals surface area contributed by atoms with Crippen molar-refractivity contribution in [3.05, 3.63) is 34.5 Å². The van der Waals surface area contributed by atoms with Gasteiger partial charge in [0, 0.05) is 11.8 Å². The fraction of sp³-hybridized carbons (Fsp3) is 0.250. The summed E-state index contributed by atoms with van der Waals surface area (Å²) in [6.07, 6.45) is 1.87. The molecule has 0 saturated heterocycles. The second-order valence-corrected chi connectivity index (χ2v) is 3.39. The molecule has 0 atom stereocenters. The van der Waals surface area contributed by atoms with E-state index in [1.54, 1.807) is 0 Å². The number of rotatable bonds is 3.